The molecule has 0 saturated heterocycles. The molecule has 1 aliphatic rings. The summed E-state index contributed by atoms with van der Waals surface area (Å²) >= 11 is 0. The summed E-state index contributed by atoms with van der Waals surface area (Å²) in [5, 5.41) is 7.02. The minimum Gasteiger partial charge on any atom is -0.370 e. The molecule has 1 fully saturated rings. The van der Waals surface area contributed by atoms with Gasteiger partial charge in [-0.05, 0) is 38.1 Å². The quantitative estimate of drug-likeness (QED) is 0.875. The van der Waals surface area contributed by atoms with E-state index in [-0.39, 0.29) is 0 Å². The monoisotopic (exact) mass is 252 g/mol. The zero-order valence-electron chi connectivity index (χ0n) is 11.7. The largest absolute Gasteiger partial charge is 0.370 e. The molecule has 0 unspecified atom stereocenters. The molecule has 102 valence electrons. The van der Waals surface area contributed by atoms with Crippen LogP contribution in [0.2, 0.25) is 0 Å². The van der Waals surface area contributed by atoms with Crippen LogP contribution in [0.4, 0.5) is 0 Å². The van der Waals surface area contributed by atoms with Crippen molar-refractivity contribution in [3.63, 3.8) is 0 Å². The van der Waals surface area contributed by atoms with Crippen LogP contribution in [-0.2, 0) is 17.9 Å². The van der Waals surface area contributed by atoms with Gasteiger partial charge in [0.25, 0.3) is 0 Å². The third kappa shape index (κ3) is 3.82. The summed E-state index contributed by atoms with van der Waals surface area (Å²) in [4.78, 5) is 0. The molecule has 0 radical (unpaired) electrons. The zero-order chi connectivity index (χ0) is 13.0. The Labute approximate surface area is 109 Å². The van der Waals surface area contributed by atoms with E-state index in [0.717, 1.165) is 30.8 Å². The minimum absolute atomic E-state index is 0.385. The molecule has 1 aliphatic carbocycles. The lowest BCUT2D eigenvalue weighted by atomic mass is 9.76. The van der Waals surface area contributed by atoms with Gasteiger partial charge in [-0.3, -0.25) is 0 Å². The smallest absolute Gasteiger partial charge is 0.162 e. The van der Waals surface area contributed by atoms with Gasteiger partial charge in [-0.25, -0.2) is 0 Å². The lowest BCUT2D eigenvalue weighted by Gasteiger charge is -2.33. The summed E-state index contributed by atoms with van der Waals surface area (Å²) in [7, 11) is 1.90. The third-order valence-electron chi connectivity index (χ3n) is 3.71. The predicted octanol–water partition coefficient (Wildman–Crippen LogP) is 2.88. The normalized spacial score (nSPS) is 20.2. The summed E-state index contributed by atoms with van der Waals surface area (Å²) < 4.78 is 11.1. The van der Waals surface area contributed by atoms with Crippen LogP contribution in [0.15, 0.2) is 10.6 Å². The molecule has 4 nitrogen and oxygen atoms in total. The van der Waals surface area contributed by atoms with Gasteiger partial charge in [0.05, 0.1) is 11.8 Å². The predicted molar refractivity (Wildman–Crippen MR) is 70.1 cm³/mol. The van der Waals surface area contributed by atoms with Crippen LogP contribution in [0.1, 0.15) is 51.0 Å². The Bertz CT molecular complexity index is 364. The van der Waals surface area contributed by atoms with Crippen LogP contribution in [0.25, 0.3) is 0 Å². The van der Waals surface area contributed by atoms with Gasteiger partial charge < -0.3 is 14.6 Å². The summed E-state index contributed by atoms with van der Waals surface area (Å²) in [5.41, 5.74) is 1.42. The molecule has 1 aromatic heterocycles. The van der Waals surface area contributed by atoms with E-state index in [0.29, 0.717) is 18.1 Å². The van der Waals surface area contributed by atoms with Gasteiger partial charge in [-0.2, -0.15) is 0 Å². The fourth-order valence-electron chi connectivity index (χ4n) is 2.43. The number of rotatable bonds is 5. The fraction of sp³-hybridized carbons (Fsp3) is 0.786. The molecular weight excluding hydrogens is 228 g/mol. The van der Waals surface area contributed by atoms with Crippen molar-refractivity contribution in [1.29, 1.82) is 0 Å². The molecule has 0 spiro atoms. The van der Waals surface area contributed by atoms with Gasteiger partial charge in [0.15, 0.2) is 5.76 Å². The van der Waals surface area contributed by atoms with Gasteiger partial charge in [0.1, 0.15) is 6.61 Å². The average Bonchev–Trinajstić information content (AvgIpc) is 2.76. The van der Waals surface area contributed by atoms with Crippen LogP contribution in [-0.4, -0.2) is 18.3 Å². The van der Waals surface area contributed by atoms with E-state index < -0.39 is 0 Å². The number of hydrogen-bond acceptors (Lipinski definition) is 4. The van der Waals surface area contributed by atoms with E-state index >= 15 is 0 Å². The first-order valence-electron chi connectivity index (χ1n) is 6.80. The van der Waals surface area contributed by atoms with Crippen molar-refractivity contribution in [2.75, 3.05) is 7.05 Å². The molecule has 18 heavy (non-hydrogen) atoms. The maximum Gasteiger partial charge on any atom is 0.162 e. The lowest BCUT2D eigenvalue weighted by molar-refractivity contribution is -0.0136. The van der Waals surface area contributed by atoms with Crippen LogP contribution in [0.5, 0.6) is 0 Å². The molecule has 0 bridgehead atoms. The number of aromatic nitrogens is 1. The second kappa shape index (κ2) is 5.85. The standard InChI is InChI=1S/C14H24N2O2/c1-14(2)6-4-12(5-7-14)17-10-13-8-11(9-15-3)16-18-13/h8,12,15H,4-7,9-10H2,1-3H3. The first-order chi connectivity index (χ1) is 8.59. The van der Waals surface area contributed by atoms with Gasteiger partial charge >= 0.3 is 0 Å². The van der Waals surface area contributed by atoms with Crippen LogP contribution in [0, 0.1) is 5.41 Å². The molecular formula is C14H24N2O2. The number of nitrogens with zero attached hydrogens (tertiary/aromatic N) is 1. The van der Waals surface area contributed by atoms with Gasteiger partial charge in [0.2, 0.25) is 0 Å². The van der Waals surface area contributed by atoms with E-state index in [1.54, 1.807) is 0 Å². The number of hydrogen-bond donors (Lipinski definition) is 1. The Kier molecular flexibility index (Phi) is 4.40. The molecule has 1 N–H and O–H groups in total. The van der Waals surface area contributed by atoms with Gasteiger partial charge in [0, 0.05) is 12.6 Å². The van der Waals surface area contributed by atoms with Crippen molar-refractivity contribution in [2.45, 2.75) is 58.8 Å². The Morgan fingerprint density at radius 3 is 2.83 bits per heavy atom. The second-order valence-corrected chi connectivity index (χ2v) is 5.99. The van der Waals surface area contributed by atoms with E-state index in [1.165, 1.54) is 12.8 Å². The summed E-state index contributed by atoms with van der Waals surface area (Å²) in [6, 6.07) is 1.96. The maximum absolute atomic E-state index is 5.90. The highest BCUT2D eigenvalue weighted by Gasteiger charge is 2.27. The molecule has 0 amide bonds. The highest BCUT2D eigenvalue weighted by Crippen LogP contribution is 2.36. The van der Waals surface area contributed by atoms with E-state index in [4.69, 9.17) is 9.26 Å². The Balaban J connectivity index is 1.74. The fourth-order valence-corrected chi connectivity index (χ4v) is 2.43. The van der Waals surface area contributed by atoms with Crippen molar-refractivity contribution < 1.29 is 9.26 Å². The molecule has 4 heteroatoms. The first kappa shape index (κ1) is 13.6. The van der Waals surface area contributed by atoms with Gasteiger partial charge in [-0.1, -0.05) is 19.0 Å². The lowest BCUT2D eigenvalue weighted by Crippen LogP contribution is -2.26. The maximum atomic E-state index is 5.90. The third-order valence-corrected chi connectivity index (χ3v) is 3.71. The van der Waals surface area contributed by atoms with E-state index in [2.05, 4.69) is 24.3 Å². The Morgan fingerprint density at radius 1 is 1.44 bits per heavy atom. The number of ether oxygens (including phenoxy) is 1. The second-order valence-electron chi connectivity index (χ2n) is 5.99. The summed E-state index contributed by atoms with van der Waals surface area (Å²) in [5.74, 6) is 0.824. The highest BCUT2D eigenvalue weighted by atomic mass is 16.5. The van der Waals surface area contributed by atoms with E-state index in [9.17, 15) is 0 Å². The molecule has 1 saturated carbocycles. The molecule has 0 atom stereocenters. The Hall–Kier alpha value is -0.870. The van der Waals surface area contributed by atoms with Crippen molar-refractivity contribution in [1.82, 2.24) is 10.5 Å². The van der Waals surface area contributed by atoms with Crippen molar-refractivity contribution in [3.05, 3.63) is 17.5 Å². The number of nitrogens with one attached hydrogen (secondary N) is 1. The Morgan fingerprint density at radius 2 is 2.17 bits per heavy atom. The topological polar surface area (TPSA) is 47.3 Å². The first-order valence-corrected chi connectivity index (χ1v) is 6.80. The van der Waals surface area contributed by atoms with Crippen LogP contribution in [0.3, 0.4) is 0 Å². The van der Waals surface area contributed by atoms with Crippen molar-refractivity contribution in [2.24, 2.45) is 5.41 Å². The van der Waals surface area contributed by atoms with Gasteiger partial charge in [-0.15, -0.1) is 0 Å². The zero-order valence-corrected chi connectivity index (χ0v) is 11.7. The molecule has 0 aliphatic heterocycles. The average molecular weight is 252 g/mol. The summed E-state index contributed by atoms with van der Waals surface area (Å²) in [6.45, 7) is 5.95. The molecule has 1 heterocycles. The molecule has 1 aromatic rings. The SMILES string of the molecule is CNCc1cc(COC2CCC(C)(C)CC2)on1. The van der Waals surface area contributed by atoms with Crippen LogP contribution >= 0.6 is 0 Å². The van der Waals surface area contributed by atoms with E-state index in [1.807, 2.05) is 13.1 Å². The highest BCUT2D eigenvalue weighted by molar-refractivity contribution is 5.04. The summed E-state index contributed by atoms with van der Waals surface area (Å²) in [6.07, 6.45) is 5.20. The molecule has 0 aromatic carbocycles. The van der Waals surface area contributed by atoms with Crippen LogP contribution < -0.4 is 5.32 Å². The minimum atomic E-state index is 0.385. The van der Waals surface area contributed by atoms with Crippen molar-refractivity contribution in [3.8, 4) is 0 Å². The molecule has 2 rings (SSSR count). The van der Waals surface area contributed by atoms with Crippen molar-refractivity contribution >= 4 is 0 Å².